The van der Waals surface area contributed by atoms with Crippen LogP contribution in [0.5, 0.6) is 0 Å². The Kier molecular flexibility index (Phi) is 3.13. The Morgan fingerprint density at radius 2 is 1.62 bits per heavy atom. The zero-order valence-corrected chi connectivity index (χ0v) is 8.89. The van der Waals surface area contributed by atoms with Crippen molar-refractivity contribution >= 4 is 5.69 Å². The Labute approximate surface area is 91.7 Å². The molecule has 2 nitrogen and oxygen atoms in total. The molecule has 1 aromatic carbocycles. The van der Waals surface area contributed by atoms with Crippen LogP contribution in [-0.2, 0) is 6.18 Å². The molecule has 0 heterocycles. The van der Waals surface area contributed by atoms with Crippen molar-refractivity contribution in [2.24, 2.45) is 0 Å². The van der Waals surface area contributed by atoms with Crippen LogP contribution in [0.1, 0.15) is 19.4 Å². The summed E-state index contributed by atoms with van der Waals surface area (Å²) < 4.78 is 36.8. The fourth-order valence-electron chi connectivity index (χ4n) is 1.13. The van der Waals surface area contributed by atoms with Gasteiger partial charge in [0.2, 0.25) is 0 Å². The Morgan fingerprint density at radius 3 is 2.00 bits per heavy atom. The lowest BCUT2D eigenvalue weighted by atomic mass is 10.1. The Bertz CT molecular complexity index is 399. The predicted octanol–water partition coefficient (Wildman–Crippen LogP) is 3.42. The summed E-state index contributed by atoms with van der Waals surface area (Å²) >= 11 is 0. The fraction of sp³-hybridized carbons (Fsp3) is 0.364. The number of anilines is 1. The third-order valence-corrected chi connectivity index (χ3v) is 1.95. The summed E-state index contributed by atoms with van der Waals surface area (Å²) in [5, 5.41) is 11.6. The fourth-order valence-corrected chi connectivity index (χ4v) is 1.13. The number of rotatable bonds is 2. The molecule has 0 amide bonds. The van der Waals surface area contributed by atoms with Gasteiger partial charge in [0.05, 0.1) is 11.6 Å². The minimum Gasteiger partial charge on any atom is -0.368 e. The molecule has 0 aliphatic rings. The van der Waals surface area contributed by atoms with E-state index < -0.39 is 17.3 Å². The highest BCUT2D eigenvalue weighted by Crippen LogP contribution is 2.30. The van der Waals surface area contributed by atoms with Crippen molar-refractivity contribution in [2.45, 2.75) is 25.6 Å². The standard InChI is InChI=1S/C11H11F3N2/c1-10(2,7-15)16-9-5-3-8(4-6-9)11(12,13)14/h3-6,16H,1-2H3. The summed E-state index contributed by atoms with van der Waals surface area (Å²) in [7, 11) is 0. The van der Waals surface area contributed by atoms with Crippen molar-refractivity contribution in [3.05, 3.63) is 29.8 Å². The highest BCUT2D eigenvalue weighted by atomic mass is 19.4. The third-order valence-electron chi connectivity index (χ3n) is 1.95. The molecule has 0 unspecified atom stereocenters. The van der Waals surface area contributed by atoms with Gasteiger partial charge in [-0.05, 0) is 38.1 Å². The molecule has 1 rings (SSSR count). The van der Waals surface area contributed by atoms with Gasteiger partial charge in [-0.3, -0.25) is 0 Å². The summed E-state index contributed by atoms with van der Waals surface area (Å²) in [4.78, 5) is 0. The van der Waals surface area contributed by atoms with Crippen molar-refractivity contribution in [2.75, 3.05) is 5.32 Å². The first-order chi connectivity index (χ1) is 7.24. The maximum atomic E-state index is 12.3. The number of nitrogens with one attached hydrogen (secondary N) is 1. The number of hydrogen-bond acceptors (Lipinski definition) is 2. The van der Waals surface area contributed by atoms with Crippen LogP contribution in [0.25, 0.3) is 0 Å². The minimum atomic E-state index is -4.33. The minimum absolute atomic E-state index is 0.486. The molecule has 0 aromatic heterocycles. The first-order valence-electron chi connectivity index (χ1n) is 4.61. The maximum Gasteiger partial charge on any atom is 0.416 e. The van der Waals surface area contributed by atoms with E-state index in [1.165, 1.54) is 12.1 Å². The molecule has 5 heteroatoms. The van der Waals surface area contributed by atoms with E-state index in [4.69, 9.17) is 5.26 Å². The number of alkyl halides is 3. The number of halogens is 3. The molecular formula is C11H11F3N2. The van der Waals surface area contributed by atoms with Crippen molar-refractivity contribution in [3.63, 3.8) is 0 Å². The first kappa shape index (κ1) is 12.4. The van der Waals surface area contributed by atoms with Gasteiger partial charge in [0.25, 0.3) is 0 Å². The van der Waals surface area contributed by atoms with Gasteiger partial charge in [-0.2, -0.15) is 18.4 Å². The smallest absolute Gasteiger partial charge is 0.368 e. The maximum absolute atomic E-state index is 12.3. The lowest BCUT2D eigenvalue weighted by Gasteiger charge is -2.19. The Morgan fingerprint density at radius 1 is 1.12 bits per heavy atom. The van der Waals surface area contributed by atoms with Gasteiger partial charge >= 0.3 is 6.18 Å². The molecule has 1 N–H and O–H groups in total. The van der Waals surface area contributed by atoms with E-state index in [0.29, 0.717) is 5.69 Å². The van der Waals surface area contributed by atoms with E-state index in [2.05, 4.69) is 5.32 Å². The van der Waals surface area contributed by atoms with E-state index >= 15 is 0 Å². The molecule has 0 aliphatic heterocycles. The lowest BCUT2D eigenvalue weighted by Crippen LogP contribution is -2.28. The number of nitrogens with zero attached hydrogens (tertiary/aromatic N) is 1. The zero-order valence-electron chi connectivity index (χ0n) is 8.89. The van der Waals surface area contributed by atoms with Crippen LogP contribution in [0.4, 0.5) is 18.9 Å². The van der Waals surface area contributed by atoms with Gasteiger partial charge in [0.1, 0.15) is 5.54 Å². The summed E-state index contributed by atoms with van der Waals surface area (Å²) in [5.74, 6) is 0. The average Bonchev–Trinajstić information content (AvgIpc) is 2.16. The highest BCUT2D eigenvalue weighted by Gasteiger charge is 2.30. The molecule has 0 aliphatic carbocycles. The molecule has 0 saturated heterocycles. The van der Waals surface area contributed by atoms with Gasteiger partial charge < -0.3 is 5.32 Å². The summed E-state index contributed by atoms with van der Waals surface area (Å²) in [6, 6.07) is 6.58. The number of nitriles is 1. The SMILES string of the molecule is CC(C)(C#N)Nc1ccc(C(F)(F)F)cc1. The van der Waals surface area contributed by atoms with E-state index in [1.54, 1.807) is 13.8 Å². The molecule has 0 bridgehead atoms. The average molecular weight is 228 g/mol. The second kappa shape index (κ2) is 4.05. The van der Waals surface area contributed by atoms with Crippen LogP contribution in [0.2, 0.25) is 0 Å². The summed E-state index contributed by atoms with van der Waals surface area (Å²) in [6.07, 6.45) is -4.33. The Balaban J connectivity index is 2.85. The second-order valence-electron chi connectivity index (χ2n) is 3.94. The van der Waals surface area contributed by atoms with Gasteiger partial charge in [0.15, 0.2) is 0 Å². The lowest BCUT2D eigenvalue weighted by molar-refractivity contribution is -0.137. The van der Waals surface area contributed by atoms with Crippen molar-refractivity contribution in [1.29, 1.82) is 5.26 Å². The van der Waals surface area contributed by atoms with Crippen molar-refractivity contribution in [1.82, 2.24) is 0 Å². The molecule has 0 atom stereocenters. The van der Waals surface area contributed by atoms with Crippen LogP contribution in [-0.4, -0.2) is 5.54 Å². The van der Waals surface area contributed by atoms with Gasteiger partial charge in [-0.15, -0.1) is 0 Å². The Hall–Kier alpha value is -1.70. The monoisotopic (exact) mass is 228 g/mol. The van der Waals surface area contributed by atoms with Crippen LogP contribution < -0.4 is 5.32 Å². The largest absolute Gasteiger partial charge is 0.416 e. The number of benzene rings is 1. The van der Waals surface area contributed by atoms with Crippen LogP contribution in [0.15, 0.2) is 24.3 Å². The zero-order chi connectivity index (χ0) is 12.4. The topological polar surface area (TPSA) is 35.8 Å². The molecule has 0 radical (unpaired) electrons. The van der Waals surface area contributed by atoms with Crippen LogP contribution >= 0.6 is 0 Å². The van der Waals surface area contributed by atoms with Gasteiger partial charge in [-0.1, -0.05) is 0 Å². The summed E-state index contributed by atoms with van der Waals surface area (Å²) in [6.45, 7) is 3.29. The quantitative estimate of drug-likeness (QED) is 0.841. The normalized spacial score (nSPS) is 12.0. The molecule has 0 saturated carbocycles. The molecule has 86 valence electrons. The predicted molar refractivity (Wildman–Crippen MR) is 54.8 cm³/mol. The van der Waals surface area contributed by atoms with E-state index in [0.717, 1.165) is 12.1 Å². The number of hydrogen-bond donors (Lipinski definition) is 1. The van der Waals surface area contributed by atoms with Crippen molar-refractivity contribution in [3.8, 4) is 6.07 Å². The van der Waals surface area contributed by atoms with Gasteiger partial charge in [-0.25, -0.2) is 0 Å². The molecule has 0 spiro atoms. The van der Waals surface area contributed by atoms with Gasteiger partial charge in [0, 0.05) is 5.69 Å². The van der Waals surface area contributed by atoms with E-state index in [9.17, 15) is 13.2 Å². The summed E-state index contributed by atoms with van der Waals surface area (Å²) in [5.41, 5.74) is -1.02. The molecular weight excluding hydrogens is 217 g/mol. The second-order valence-corrected chi connectivity index (χ2v) is 3.94. The van der Waals surface area contributed by atoms with Crippen LogP contribution in [0, 0.1) is 11.3 Å². The van der Waals surface area contributed by atoms with E-state index in [-0.39, 0.29) is 0 Å². The molecule has 1 aromatic rings. The molecule has 16 heavy (non-hydrogen) atoms. The van der Waals surface area contributed by atoms with E-state index in [1.807, 2.05) is 6.07 Å². The third kappa shape index (κ3) is 3.16. The van der Waals surface area contributed by atoms with Crippen LogP contribution in [0.3, 0.4) is 0 Å². The highest BCUT2D eigenvalue weighted by molar-refractivity contribution is 5.48. The van der Waals surface area contributed by atoms with Crippen molar-refractivity contribution < 1.29 is 13.2 Å². The first-order valence-corrected chi connectivity index (χ1v) is 4.61. The molecule has 0 fully saturated rings.